The van der Waals surface area contributed by atoms with E-state index in [-0.39, 0.29) is 29.6 Å². The third kappa shape index (κ3) is 10.9. The summed E-state index contributed by atoms with van der Waals surface area (Å²) in [6, 6.07) is 2.51. The Morgan fingerprint density at radius 2 is 1.92 bits per heavy atom. The molecule has 3 amide bonds. The van der Waals surface area contributed by atoms with E-state index < -0.39 is 77.2 Å². The molecule has 4 heterocycles. The number of nitrogen functional groups attached to an aromatic ring is 1. The molecule has 0 spiro atoms. The number of hydroxylamine groups is 2. The summed E-state index contributed by atoms with van der Waals surface area (Å²) in [5.41, 5.74) is 3.67. The summed E-state index contributed by atoms with van der Waals surface area (Å²) in [7, 11) is -6.10. The van der Waals surface area contributed by atoms with Crippen LogP contribution in [0, 0.1) is 0 Å². The van der Waals surface area contributed by atoms with Gasteiger partial charge in [0, 0.05) is 10.3 Å². The maximum atomic E-state index is 12.5. The monoisotopic (exact) mass is 734 g/mol. The molecule has 2 aromatic rings. The SMILES string of the molecule is CC1(C)[C@H](NC(=O)/C(=N\OCC(=O)O)c2csc(N)n2)C(=O)N1OS(=O)(=O)O.O=C(O)C[C@@H]1CC[C@H](NC(=O)Cc2cccs2)B(O)O1. The Morgan fingerprint density at radius 3 is 2.44 bits per heavy atom. The van der Waals surface area contributed by atoms with E-state index in [1.165, 1.54) is 30.6 Å². The molecule has 0 radical (unpaired) electrons. The van der Waals surface area contributed by atoms with Crippen molar-refractivity contribution in [2.45, 2.75) is 63.2 Å². The second kappa shape index (κ2) is 16.3. The summed E-state index contributed by atoms with van der Waals surface area (Å²) in [4.78, 5) is 66.9. The number of thiophene rings is 1. The number of nitrogens with one attached hydrogen (secondary N) is 2. The summed E-state index contributed by atoms with van der Waals surface area (Å²) in [5, 5.41) is 39.3. The number of hydrogen-bond acceptors (Lipinski definition) is 16. The predicted molar refractivity (Wildman–Crippen MR) is 166 cm³/mol. The molecular weight excluding hydrogens is 703 g/mol. The molecule has 2 fully saturated rings. The van der Waals surface area contributed by atoms with Gasteiger partial charge in [-0.15, -0.1) is 27.0 Å². The Balaban J connectivity index is 0.000000275. The third-order valence-electron chi connectivity index (χ3n) is 6.58. The van der Waals surface area contributed by atoms with E-state index >= 15 is 0 Å². The van der Waals surface area contributed by atoms with Gasteiger partial charge in [0.25, 0.3) is 11.8 Å². The van der Waals surface area contributed by atoms with E-state index in [4.69, 9.17) is 25.2 Å². The number of hydrogen-bond donors (Lipinski definition) is 7. The summed E-state index contributed by atoms with van der Waals surface area (Å²) >= 11 is 2.48. The van der Waals surface area contributed by atoms with Crippen LogP contribution in [0.5, 0.6) is 0 Å². The Morgan fingerprint density at radius 1 is 1.21 bits per heavy atom. The average Bonchev–Trinajstić information content (AvgIpc) is 3.65. The Bertz CT molecular complexity index is 1630. The van der Waals surface area contributed by atoms with Gasteiger partial charge in [0.15, 0.2) is 10.8 Å². The molecule has 20 nitrogen and oxygen atoms in total. The highest BCUT2D eigenvalue weighted by Gasteiger charge is 2.58. The van der Waals surface area contributed by atoms with Gasteiger partial charge in [-0.3, -0.25) is 23.7 Å². The maximum Gasteiger partial charge on any atom is 0.478 e. The number of nitrogens with zero attached hydrogens (tertiary/aromatic N) is 3. The number of nitrogens with two attached hydrogens (primary N) is 1. The Kier molecular flexibility index (Phi) is 13.0. The first-order valence-electron chi connectivity index (χ1n) is 13.7. The first kappa shape index (κ1) is 38.3. The zero-order valence-electron chi connectivity index (χ0n) is 25.2. The van der Waals surface area contributed by atoms with Crippen LogP contribution in [-0.2, 0) is 54.6 Å². The average molecular weight is 735 g/mol. The van der Waals surface area contributed by atoms with Crippen LogP contribution in [0.4, 0.5) is 5.13 Å². The lowest BCUT2D eigenvalue weighted by Gasteiger charge is -2.50. The van der Waals surface area contributed by atoms with Crippen molar-refractivity contribution in [2.75, 3.05) is 12.3 Å². The largest absolute Gasteiger partial charge is 0.481 e. The summed E-state index contributed by atoms with van der Waals surface area (Å²) in [5.74, 6) is -4.87. The molecule has 2 aromatic heterocycles. The zero-order valence-corrected chi connectivity index (χ0v) is 27.6. The highest BCUT2D eigenvalue weighted by atomic mass is 32.3. The van der Waals surface area contributed by atoms with Gasteiger partial charge in [-0.1, -0.05) is 11.2 Å². The fraction of sp³-hybridized carbons (Fsp3) is 0.458. The van der Waals surface area contributed by atoms with E-state index in [1.54, 1.807) is 0 Å². The van der Waals surface area contributed by atoms with Crippen LogP contribution in [0.15, 0.2) is 28.0 Å². The van der Waals surface area contributed by atoms with Gasteiger partial charge >= 0.3 is 29.5 Å². The molecule has 0 saturated carbocycles. The van der Waals surface area contributed by atoms with E-state index in [1.807, 2.05) is 17.5 Å². The number of rotatable bonds is 13. The minimum absolute atomic E-state index is 0.0268. The molecule has 2 saturated heterocycles. The minimum Gasteiger partial charge on any atom is -0.481 e. The van der Waals surface area contributed by atoms with Gasteiger partial charge in [0.2, 0.25) is 12.5 Å². The van der Waals surface area contributed by atoms with Crippen molar-refractivity contribution in [3.63, 3.8) is 0 Å². The molecule has 2 aliphatic rings. The minimum atomic E-state index is -4.95. The topological polar surface area (TPSA) is 307 Å². The van der Waals surface area contributed by atoms with Crippen LogP contribution in [0.2, 0.25) is 0 Å². The maximum absolute atomic E-state index is 12.5. The van der Waals surface area contributed by atoms with Crippen molar-refractivity contribution < 1.29 is 66.0 Å². The van der Waals surface area contributed by atoms with Crippen LogP contribution in [0.3, 0.4) is 0 Å². The lowest BCUT2D eigenvalue weighted by atomic mass is 9.72. The van der Waals surface area contributed by atoms with Crippen LogP contribution >= 0.6 is 22.7 Å². The molecule has 0 unspecified atom stereocenters. The van der Waals surface area contributed by atoms with Crippen molar-refractivity contribution in [1.82, 2.24) is 20.7 Å². The number of oxime groups is 1. The third-order valence-corrected chi connectivity index (χ3v) is 8.47. The molecule has 0 aromatic carbocycles. The number of amides is 3. The molecule has 24 heteroatoms. The lowest BCUT2D eigenvalue weighted by Crippen LogP contribution is -2.76. The predicted octanol–water partition coefficient (Wildman–Crippen LogP) is -1.18. The number of aromatic nitrogens is 1. The van der Waals surface area contributed by atoms with Crippen molar-refractivity contribution in [3.8, 4) is 0 Å². The molecule has 48 heavy (non-hydrogen) atoms. The molecule has 4 rings (SSSR count). The van der Waals surface area contributed by atoms with Gasteiger partial charge in [0.05, 0.1) is 30.4 Å². The van der Waals surface area contributed by atoms with E-state index in [9.17, 15) is 37.4 Å². The fourth-order valence-corrected chi connectivity index (χ4v) is 6.06. The Labute approximate surface area is 280 Å². The number of thiazole rings is 1. The number of anilines is 1. The zero-order chi connectivity index (χ0) is 35.8. The van der Waals surface area contributed by atoms with Crippen molar-refractivity contribution in [1.29, 1.82) is 0 Å². The molecule has 3 atom stereocenters. The molecule has 0 bridgehead atoms. The molecular formula is C24H31BN6O14S3. The van der Waals surface area contributed by atoms with Gasteiger partial charge in [-0.2, -0.15) is 13.5 Å². The number of carboxylic acids is 2. The van der Waals surface area contributed by atoms with Crippen LogP contribution < -0.4 is 16.4 Å². The van der Waals surface area contributed by atoms with Gasteiger partial charge < -0.3 is 41.1 Å². The van der Waals surface area contributed by atoms with E-state index in [0.29, 0.717) is 17.9 Å². The number of carboxylic acid groups (broad SMARTS) is 2. The second-order valence-electron chi connectivity index (χ2n) is 10.6. The van der Waals surface area contributed by atoms with Crippen molar-refractivity contribution in [2.24, 2.45) is 5.16 Å². The highest BCUT2D eigenvalue weighted by Crippen LogP contribution is 2.33. The fourth-order valence-electron chi connectivity index (χ4n) is 4.36. The molecule has 0 aliphatic carbocycles. The summed E-state index contributed by atoms with van der Waals surface area (Å²) in [6.07, 6.45) is 0.669. The van der Waals surface area contributed by atoms with Gasteiger partial charge in [-0.05, 0) is 38.1 Å². The number of aliphatic carboxylic acids is 2. The first-order valence-corrected chi connectivity index (χ1v) is 16.8. The van der Waals surface area contributed by atoms with Crippen LogP contribution in [0.25, 0.3) is 0 Å². The Hall–Kier alpha value is -4.20. The number of β-lactam (4-membered cyclic amide) rings is 1. The first-order chi connectivity index (χ1) is 22.4. The summed E-state index contributed by atoms with van der Waals surface area (Å²) in [6.45, 7) is 1.90. The molecule has 262 valence electrons. The lowest BCUT2D eigenvalue weighted by molar-refractivity contribution is -0.218. The van der Waals surface area contributed by atoms with Crippen LogP contribution in [0.1, 0.15) is 43.7 Å². The van der Waals surface area contributed by atoms with Crippen LogP contribution in [-0.4, -0.2) is 111 Å². The molecule has 2 aliphatic heterocycles. The standard InChI is InChI=1S/C12H16BNO5S.C12H15N5O9S2/c15-11(7-9-2-1-5-20-9)14-10-4-3-8(6-12(16)17)19-13(10)18;1-12(2)8(10(21)17(12)26-28(22,23)24)15-9(20)7(16-25-3-6(18)19)5-4-27-11(13)14-5/h1-2,5,8,10,18H,3-4,6-7H2,(H,14,15)(H,16,17);4,8H,3H2,1-2H3,(H2,13,14)(H,15,20)(H,18,19)(H,22,23,24)/b;16-7-/t8-,10-;8-/m01/s1. The second-order valence-corrected chi connectivity index (χ2v) is 13.6. The van der Waals surface area contributed by atoms with Gasteiger partial charge in [0.1, 0.15) is 11.7 Å². The smallest absolute Gasteiger partial charge is 0.478 e. The number of carbonyl (C=O) groups is 5. The number of carbonyl (C=O) groups excluding carboxylic acids is 3. The van der Waals surface area contributed by atoms with E-state index in [0.717, 1.165) is 16.2 Å². The molecule has 8 N–H and O–H groups in total. The van der Waals surface area contributed by atoms with Crippen molar-refractivity contribution in [3.05, 3.63) is 33.5 Å². The summed E-state index contributed by atoms with van der Waals surface area (Å²) < 4.78 is 39.7. The van der Waals surface area contributed by atoms with Crippen molar-refractivity contribution >= 4 is 80.7 Å². The van der Waals surface area contributed by atoms with Gasteiger partial charge in [-0.25, -0.2) is 9.78 Å². The normalized spacial score (nSPS) is 20.5. The highest BCUT2D eigenvalue weighted by molar-refractivity contribution is 7.80. The quantitative estimate of drug-likeness (QED) is 0.0419. The van der Waals surface area contributed by atoms with E-state index in [2.05, 4.69) is 29.9 Å².